The normalized spacial score (nSPS) is 11.3. The van der Waals surface area contributed by atoms with Gasteiger partial charge in [0.1, 0.15) is 11.3 Å². The number of benzene rings is 2. The van der Waals surface area contributed by atoms with Gasteiger partial charge in [0, 0.05) is 16.3 Å². The fourth-order valence-electron chi connectivity index (χ4n) is 3.39. The lowest BCUT2D eigenvalue weighted by molar-refractivity contribution is 0.0699. The van der Waals surface area contributed by atoms with Crippen LogP contribution in [0.15, 0.2) is 46.9 Å². The number of aryl methyl sites for hydroxylation is 3. The van der Waals surface area contributed by atoms with Crippen LogP contribution in [0.25, 0.3) is 33.3 Å². The minimum Gasteiger partial charge on any atom is -0.478 e. The molecule has 2 heterocycles. The molecule has 0 atom stereocenters. The molecule has 4 nitrogen and oxygen atoms in total. The molecule has 0 amide bonds. The van der Waals surface area contributed by atoms with E-state index in [2.05, 4.69) is 0 Å². The highest BCUT2D eigenvalue weighted by atomic mass is 16.4. The van der Waals surface area contributed by atoms with Crippen molar-refractivity contribution in [2.75, 3.05) is 0 Å². The van der Waals surface area contributed by atoms with E-state index in [1.54, 1.807) is 6.07 Å². The van der Waals surface area contributed by atoms with Crippen LogP contribution in [0.4, 0.5) is 0 Å². The number of carboxylic acids is 1. The summed E-state index contributed by atoms with van der Waals surface area (Å²) >= 11 is 0. The van der Waals surface area contributed by atoms with Crippen LogP contribution in [0.1, 0.15) is 27.0 Å². The van der Waals surface area contributed by atoms with Crippen LogP contribution in [0.3, 0.4) is 0 Å². The molecule has 0 radical (unpaired) electrons. The van der Waals surface area contributed by atoms with Gasteiger partial charge in [-0.1, -0.05) is 29.8 Å². The molecule has 0 aliphatic rings. The van der Waals surface area contributed by atoms with Crippen LogP contribution in [-0.2, 0) is 0 Å². The van der Waals surface area contributed by atoms with Crippen LogP contribution < -0.4 is 0 Å². The summed E-state index contributed by atoms with van der Waals surface area (Å²) in [4.78, 5) is 16.5. The monoisotopic (exact) mass is 331 g/mol. The maximum atomic E-state index is 11.8. The minimum absolute atomic E-state index is 0.242. The first-order valence-corrected chi connectivity index (χ1v) is 8.09. The highest BCUT2D eigenvalue weighted by Crippen LogP contribution is 2.34. The van der Waals surface area contributed by atoms with Gasteiger partial charge in [-0.25, -0.2) is 9.78 Å². The molecule has 4 rings (SSSR count). The number of hydrogen-bond acceptors (Lipinski definition) is 3. The molecule has 0 unspecified atom stereocenters. The van der Waals surface area contributed by atoms with Crippen LogP contribution in [0, 0.1) is 20.8 Å². The summed E-state index contributed by atoms with van der Waals surface area (Å²) in [5.41, 5.74) is 5.19. The Bertz CT molecular complexity index is 1150. The second kappa shape index (κ2) is 5.45. The number of carboxylic acid groups (broad SMARTS) is 1. The molecule has 0 aliphatic carbocycles. The van der Waals surface area contributed by atoms with Crippen LogP contribution in [-0.4, -0.2) is 16.1 Å². The van der Waals surface area contributed by atoms with Gasteiger partial charge < -0.3 is 9.52 Å². The van der Waals surface area contributed by atoms with Crippen LogP contribution in [0.2, 0.25) is 0 Å². The van der Waals surface area contributed by atoms with Crippen molar-refractivity contribution in [3.05, 3.63) is 64.7 Å². The second-order valence-corrected chi connectivity index (χ2v) is 6.39. The minimum atomic E-state index is -0.965. The van der Waals surface area contributed by atoms with E-state index in [1.807, 2.05) is 57.2 Å². The number of nitrogens with zero attached hydrogens (tertiary/aromatic N) is 1. The second-order valence-electron chi connectivity index (χ2n) is 6.39. The number of aromatic nitrogens is 1. The molecule has 0 bridgehead atoms. The molecule has 0 aliphatic heterocycles. The first-order chi connectivity index (χ1) is 12.0. The van der Waals surface area contributed by atoms with Gasteiger partial charge in [-0.05, 0) is 44.5 Å². The van der Waals surface area contributed by atoms with E-state index in [4.69, 9.17) is 9.40 Å². The quantitative estimate of drug-likeness (QED) is 0.543. The summed E-state index contributed by atoms with van der Waals surface area (Å²) in [5, 5.41) is 11.4. The first-order valence-electron chi connectivity index (χ1n) is 8.09. The Morgan fingerprint density at radius 2 is 1.80 bits per heavy atom. The first kappa shape index (κ1) is 15.4. The molecular formula is C21H17NO3. The van der Waals surface area contributed by atoms with Crippen molar-refractivity contribution in [2.24, 2.45) is 0 Å². The van der Waals surface area contributed by atoms with Crippen molar-refractivity contribution in [3.8, 4) is 11.5 Å². The van der Waals surface area contributed by atoms with Gasteiger partial charge in [-0.3, -0.25) is 0 Å². The number of fused-ring (bicyclic) bond motifs is 2. The van der Waals surface area contributed by atoms with E-state index >= 15 is 0 Å². The lowest BCUT2D eigenvalue weighted by atomic mass is 10.0. The standard InChI is InChI=1S/C21H17NO3/c1-11-8-12(2)19-15(9-11)16(21(23)24)10-17(22-19)20-13(3)14-6-4-5-7-18(14)25-20/h4-10H,1-3H3,(H,23,24). The Kier molecular flexibility index (Phi) is 3.35. The van der Waals surface area contributed by atoms with Crippen molar-refractivity contribution in [2.45, 2.75) is 20.8 Å². The Morgan fingerprint density at radius 1 is 1.04 bits per heavy atom. The van der Waals surface area contributed by atoms with Gasteiger partial charge in [0.05, 0.1) is 11.1 Å². The van der Waals surface area contributed by atoms with Crippen LogP contribution >= 0.6 is 0 Å². The molecule has 0 saturated heterocycles. The fraction of sp³-hybridized carbons (Fsp3) is 0.143. The number of pyridine rings is 1. The van der Waals surface area contributed by atoms with Gasteiger partial charge in [-0.2, -0.15) is 0 Å². The molecule has 25 heavy (non-hydrogen) atoms. The van der Waals surface area contributed by atoms with E-state index in [9.17, 15) is 9.90 Å². The van der Waals surface area contributed by atoms with Crippen molar-refractivity contribution in [1.29, 1.82) is 0 Å². The number of para-hydroxylation sites is 1. The predicted octanol–water partition coefficient (Wildman–Crippen LogP) is 5.27. The smallest absolute Gasteiger partial charge is 0.336 e. The molecular weight excluding hydrogens is 314 g/mol. The van der Waals surface area contributed by atoms with Crippen LogP contribution in [0.5, 0.6) is 0 Å². The van der Waals surface area contributed by atoms with Gasteiger partial charge in [-0.15, -0.1) is 0 Å². The number of furan rings is 1. The van der Waals surface area contributed by atoms with Gasteiger partial charge in [0.15, 0.2) is 5.76 Å². The molecule has 4 heteroatoms. The van der Waals surface area contributed by atoms with Crippen molar-refractivity contribution >= 4 is 27.8 Å². The van der Waals surface area contributed by atoms with Crippen molar-refractivity contribution in [3.63, 3.8) is 0 Å². The summed E-state index contributed by atoms with van der Waals surface area (Å²) in [7, 11) is 0. The van der Waals surface area contributed by atoms with Gasteiger partial charge in [0.25, 0.3) is 0 Å². The highest BCUT2D eigenvalue weighted by molar-refractivity contribution is 6.05. The Labute approximate surface area is 144 Å². The van der Waals surface area contributed by atoms with E-state index < -0.39 is 5.97 Å². The highest BCUT2D eigenvalue weighted by Gasteiger charge is 2.19. The lowest BCUT2D eigenvalue weighted by Gasteiger charge is -2.09. The third kappa shape index (κ3) is 2.38. The van der Waals surface area contributed by atoms with Gasteiger partial charge >= 0.3 is 5.97 Å². The molecule has 1 N–H and O–H groups in total. The molecule has 4 aromatic rings. The van der Waals surface area contributed by atoms with E-state index in [0.717, 1.165) is 27.7 Å². The van der Waals surface area contributed by atoms with Crippen molar-refractivity contribution in [1.82, 2.24) is 4.98 Å². The summed E-state index contributed by atoms with van der Waals surface area (Å²) in [5.74, 6) is -0.349. The van der Waals surface area contributed by atoms with E-state index in [1.165, 1.54) is 0 Å². The third-order valence-corrected chi connectivity index (χ3v) is 4.56. The topological polar surface area (TPSA) is 63.3 Å². The Balaban J connectivity index is 2.08. The number of aromatic carboxylic acids is 1. The average molecular weight is 331 g/mol. The summed E-state index contributed by atoms with van der Waals surface area (Å²) in [6.45, 7) is 5.87. The molecule has 2 aromatic heterocycles. The maximum absolute atomic E-state index is 11.8. The number of hydrogen-bond donors (Lipinski definition) is 1. The van der Waals surface area contributed by atoms with E-state index in [0.29, 0.717) is 22.4 Å². The molecule has 124 valence electrons. The molecule has 0 saturated carbocycles. The maximum Gasteiger partial charge on any atom is 0.336 e. The lowest BCUT2D eigenvalue weighted by Crippen LogP contribution is -2.01. The zero-order chi connectivity index (χ0) is 17.7. The largest absolute Gasteiger partial charge is 0.478 e. The third-order valence-electron chi connectivity index (χ3n) is 4.56. The number of rotatable bonds is 2. The average Bonchev–Trinajstić information content (AvgIpc) is 2.91. The predicted molar refractivity (Wildman–Crippen MR) is 98.1 cm³/mol. The van der Waals surface area contributed by atoms with Crippen molar-refractivity contribution < 1.29 is 14.3 Å². The fourth-order valence-corrected chi connectivity index (χ4v) is 3.39. The molecule has 0 spiro atoms. The Hall–Kier alpha value is -3.14. The Morgan fingerprint density at radius 3 is 2.52 bits per heavy atom. The summed E-state index contributed by atoms with van der Waals surface area (Å²) in [6, 6.07) is 13.3. The molecule has 0 fully saturated rings. The summed E-state index contributed by atoms with van der Waals surface area (Å²) in [6.07, 6.45) is 0. The van der Waals surface area contributed by atoms with E-state index in [-0.39, 0.29) is 5.56 Å². The number of carbonyl (C=O) groups is 1. The SMILES string of the molecule is Cc1cc(C)c2nc(-c3oc4ccccc4c3C)cc(C(=O)O)c2c1. The molecule has 2 aromatic carbocycles. The van der Waals surface area contributed by atoms with Gasteiger partial charge in [0.2, 0.25) is 0 Å². The zero-order valence-corrected chi connectivity index (χ0v) is 14.3. The zero-order valence-electron chi connectivity index (χ0n) is 14.3. The summed E-state index contributed by atoms with van der Waals surface area (Å²) < 4.78 is 5.98.